The highest BCUT2D eigenvalue weighted by Gasteiger charge is 2.10. The van der Waals surface area contributed by atoms with E-state index < -0.39 is 5.97 Å². The van der Waals surface area contributed by atoms with Crippen LogP contribution in [0.3, 0.4) is 0 Å². The van der Waals surface area contributed by atoms with Gasteiger partial charge in [-0.1, -0.05) is 49.4 Å². The molecule has 1 unspecified atom stereocenters. The van der Waals surface area contributed by atoms with Gasteiger partial charge in [-0.25, -0.2) is 4.79 Å². The molecule has 0 radical (unpaired) electrons. The fourth-order valence-corrected chi connectivity index (χ4v) is 2.89. The summed E-state index contributed by atoms with van der Waals surface area (Å²) in [5.41, 5.74) is 2.45. The molecule has 3 rings (SSSR count). The van der Waals surface area contributed by atoms with Gasteiger partial charge in [0.1, 0.15) is 5.75 Å². The number of hydrogen-bond acceptors (Lipinski definition) is 2. The van der Waals surface area contributed by atoms with E-state index in [4.69, 9.17) is 5.11 Å². The van der Waals surface area contributed by atoms with Crippen LogP contribution in [0.15, 0.2) is 60.7 Å². The van der Waals surface area contributed by atoms with Crippen LogP contribution < -0.4 is 0 Å². The van der Waals surface area contributed by atoms with E-state index in [1.807, 2.05) is 42.5 Å². The molecule has 3 heteroatoms. The number of carbonyl (C=O) groups is 1. The maximum atomic E-state index is 10.9. The van der Waals surface area contributed by atoms with Gasteiger partial charge < -0.3 is 10.2 Å². The number of aromatic carboxylic acids is 1. The van der Waals surface area contributed by atoms with Gasteiger partial charge in [0.25, 0.3) is 0 Å². The number of carboxylic acids is 1. The number of carboxylic acid groups (broad SMARTS) is 1. The average Bonchev–Trinajstić information content (AvgIpc) is 2.55. The Morgan fingerprint density at radius 3 is 2.43 bits per heavy atom. The minimum atomic E-state index is -0.913. The standard InChI is InChI=1S/C20H18O3/c1-13(15-6-8-16(9-7-15)20(22)23)10-14-11-17-4-2-3-5-18(17)19(21)12-14/h2-9,11-13,21H,10H2,1H3,(H,22,23). The number of phenols is 1. The Kier molecular flexibility index (Phi) is 4.02. The molecule has 0 spiro atoms. The topological polar surface area (TPSA) is 57.5 Å². The van der Waals surface area contributed by atoms with Crippen molar-refractivity contribution in [2.24, 2.45) is 0 Å². The van der Waals surface area contributed by atoms with Crippen LogP contribution in [-0.2, 0) is 6.42 Å². The van der Waals surface area contributed by atoms with Gasteiger partial charge >= 0.3 is 5.97 Å². The first-order chi connectivity index (χ1) is 11.0. The molecular formula is C20H18O3. The number of aromatic hydroxyl groups is 1. The molecule has 0 saturated heterocycles. The maximum Gasteiger partial charge on any atom is 0.335 e. The van der Waals surface area contributed by atoms with Gasteiger partial charge in [-0.3, -0.25) is 0 Å². The molecule has 2 N–H and O–H groups in total. The smallest absolute Gasteiger partial charge is 0.335 e. The SMILES string of the molecule is CC(Cc1cc(O)c2ccccc2c1)c1ccc(C(=O)O)cc1. The summed E-state index contributed by atoms with van der Waals surface area (Å²) in [4.78, 5) is 10.9. The first kappa shape index (κ1) is 15.1. The van der Waals surface area contributed by atoms with Gasteiger partial charge in [-0.2, -0.15) is 0 Å². The lowest BCUT2D eigenvalue weighted by molar-refractivity contribution is 0.0697. The summed E-state index contributed by atoms with van der Waals surface area (Å²) in [7, 11) is 0. The third-order valence-corrected chi connectivity index (χ3v) is 4.17. The van der Waals surface area contributed by atoms with E-state index in [0.29, 0.717) is 11.3 Å². The summed E-state index contributed by atoms with van der Waals surface area (Å²) >= 11 is 0. The molecule has 0 aliphatic heterocycles. The first-order valence-electron chi connectivity index (χ1n) is 7.58. The molecule has 0 bridgehead atoms. The molecule has 1 atom stereocenters. The maximum absolute atomic E-state index is 10.9. The van der Waals surface area contributed by atoms with Crippen molar-refractivity contribution in [1.29, 1.82) is 0 Å². The Morgan fingerprint density at radius 1 is 1.04 bits per heavy atom. The van der Waals surface area contributed by atoms with E-state index in [2.05, 4.69) is 13.0 Å². The van der Waals surface area contributed by atoms with E-state index in [9.17, 15) is 9.90 Å². The highest BCUT2D eigenvalue weighted by molar-refractivity contribution is 5.89. The number of hydrogen-bond donors (Lipinski definition) is 2. The molecule has 3 nitrogen and oxygen atoms in total. The second kappa shape index (κ2) is 6.13. The molecular weight excluding hydrogens is 288 g/mol. The molecule has 0 heterocycles. The van der Waals surface area contributed by atoms with Crippen molar-refractivity contribution in [3.63, 3.8) is 0 Å². The van der Waals surface area contributed by atoms with Crippen LogP contribution in [0.25, 0.3) is 10.8 Å². The predicted molar refractivity (Wildman–Crippen MR) is 91.1 cm³/mol. The quantitative estimate of drug-likeness (QED) is 0.741. The summed E-state index contributed by atoms with van der Waals surface area (Å²) in [6.45, 7) is 2.10. The van der Waals surface area contributed by atoms with Crippen molar-refractivity contribution < 1.29 is 15.0 Å². The van der Waals surface area contributed by atoms with Crippen LogP contribution in [0, 0.1) is 0 Å². The Hall–Kier alpha value is -2.81. The van der Waals surface area contributed by atoms with Crippen LogP contribution in [0.5, 0.6) is 5.75 Å². The van der Waals surface area contributed by atoms with E-state index in [0.717, 1.165) is 28.3 Å². The molecule has 0 aliphatic rings. The molecule has 0 fully saturated rings. The third kappa shape index (κ3) is 3.19. The number of benzene rings is 3. The van der Waals surface area contributed by atoms with Crippen molar-refractivity contribution in [2.45, 2.75) is 19.3 Å². The lowest BCUT2D eigenvalue weighted by atomic mass is 9.92. The molecule has 0 amide bonds. The Morgan fingerprint density at radius 2 is 1.74 bits per heavy atom. The van der Waals surface area contributed by atoms with Crippen molar-refractivity contribution in [3.8, 4) is 5.75 Å². The van der Waals surface area contributed by atoms with Crippen molar-refractivity contribution in [3.05, 3.63) is 77.4 Å². The van der Waals surface area contributed by atoms with Crippen LogP contribution in [0.4, 0.5) is 0 Å². The Bertz CT molecular complexity index is 850. The van der Waals surface area contributed by atoms with Crippen LogP contribution in [0.2, 0.25) is 0 Å². The summed E-state index contributed by atoms with van der Waals surface area (Å²) in [6, 6.07) is 18.6. The monoisotopic (exact) mass is 306 g/mol. The fourth-order valence-electron chi connectivity index (χ4n) is 2.89. The summed E-state index contributed by atoms with van der Waals surface area (Å²) in [5.74, 6) is -0.381. The number of fused-ring (bicyclic) bond motifs is 1. The lowest BCUT2D eigenvalue weighted by Gasteiger charge is -2.13. The zero-order chi connectivity index (χ0) is 16.4. The predicted octanol–water partition coefficient (Wildman–Crippen LogP) is 4.59. The lowest BCUT2D eigenvalue weighted by Crippen LogP contribution is -2.01. The fraction of sp³-hybridized carbons (Fsp3) is 0.150. The zero-order valence-corrected chi connectivity index (χ0v) is 12.9. The minimum absolute atomic E-state index is 0.235. The molecule has 0 aromatic heterocycles. The molecule has 23 heavy (non-hydrogen) atoms. The van der Waals surface area contributed by atoms with Crippen molar-refractivity contribution in [1.82, 2.24) is 0 Å². The molecule has 3 aromatic rings. The first-order valence-corrected chi connectivity index (χ1v) is 7.58. The largest absolute Gasteiger partial charge is 0.507 e. The summed E-state index contributed by atoms with van der Waals surface area (Å²) in [6.07, 6.45) is 0.783. The van der Waals surface area contributed by atoms with Crippen LogP contribution in [-0.4, -0.2) is 16.2 Å². The molecule has 0 saturated carbocycles. The van der Waals surface area contributed by atoms with E-state index in [-0.39, 0.29) is 5.92 Å². The van der Waals surface area contributed by atoms with E-state index in [1.54, 1.807) is 12.1 Å². The zero-order valence-electron chi connectivity index (χ0n) is 12.9. The van der Waals surface area contributed by atoms with Gasteiger partial charge in [0.15, 0.2) is 0 Å². The van der Waals surface area contributed by atoms with Crippen molar-refractivity contribution >= 4 is 16.7 Å². The Balaban J connectivity index is 1.84. The van der Waals surface area contributed by atoms with Gasteiger partial charge in [0.05, 0.1) is 5.56 Å². The van der Waals surface area contributed by atoms with Gasteiger partial charge in [0.2, 0.25) is 0 Å². The average molecular weight is 306 g/mol. The van der Waals surface area contributed by atoms with Crippen LogP contribution in [0.1, 0.15) is 34.3 Å². The minimum Gasteiger partial charge on any atom is -0.507 e. The van der Waals surface area contributed by atoms with Crippen molar-refractivity contribution in [2.75, 3.05) is 0 Å². The highest BCUT2D eigenvalue weighted by atomic mass is 16.4. The number of rotatable bonds is 4. The third-order valence-electron chi connectivity index (χ3n) is 4.17. The molecule has 3 aromatic carbocycles. The Labute approximate surface area is 134 Å². The van der Waals surface area contributed by atoms with E-state index in [1.165, 1.54) is 0 Å². The molecule has 0 aliphatic carbocycles. The van der Waals surface area contributed by atoms with Gasteiger partial charge in [-0.05, 0) is 47.1 Å². The second-order valence-corrected chi connectivity index (χ2v) is 5.87. The summed E-state index contributed by atoms with van der Waals surface area (Å²) < 4.78 is 0. The second-order valence-electron chi connectivity index (χ2n) is 5.87. The highest BCUT2D eigenvalue weighted by Crippen LogP contribution is 2.29. The normalized spacial score (nSPS) is 12.2. The summed E-state index contributed by atoms with van der Waals surface area (Å²) in [5, 5.41) is 21.0. The van der Waals surface area contributed by atoms with Gasteiger partial charge in [0, 0.05) is 5.39 Å². The van der Waals surface area contributed by atoms with E-state index >= 15 is 0 Å². The van der Waals surface area contributed by atoms with Crippen LogP contribution >= 0.6 is 0 Å². The van der Waals surface area contributed by atoms with Gasteiger partial charge in [-0.15, -0.1) is 0 Å². The molecule has 116 valence electrons. The number of phenolic OH excluding ortho intramolecular Hbond substituents is 1.